The van der Waals surface area contributed by atoms with Crippen molar-refractivity contribution in [2.45, 2.75) is 45.1 Å². The minimum absolute atomic E-state index is 0.551. The van der Waals surface area contributed by atoms with Gasteiger partial charge in [-0.1, -0.05) is 13.8 Å². The van der Waals surface area contributed by atoms with E-state index in [1.54, 1.807) is 0 Å². The van der Waals surface area contributed by atoms with Crippen molar-refractivity contribution < 1.29 is 0 Å². The van der Waals surface area contributed by atoms with Crippen molar-refractivity contribution in [3.05, 3.63) is 11.3 Å². The highest BCUT2D eigenvalue weighted by Gasteiger charge is 2.27. The molecular formula is C13H22N4. The molecular weight excluding hydrogens is 212 g/mol. The quantitative estimate of drug-likeness (QED) is 0.732. The Morgan fingerprint density at radius 3 is 3.00 bits per heavy atom. The molecule has 0 amide bonds. The topological polar surface area (TPSA) is 52.7 Å². The lowest BCUT2D eigenvalue weighted by atomic mass is 9.82. The standard InChI is InChI=1S/C13H22N4/c1-8-5-9(2)12-11(6-8)13(17-16-12)15-10-3-4-14-7-10/h8-10,14H,3-7H2,1-2H3,(H2,15,16,17). The second kappa shape index (κ2) is 4.33. The van der Waals surface area contributed by atoms with Gasteiger partial charge in [0.2, 0.25) is 0 Å². The molecule has 1 saturated heterocycles. The summed E-state index contributed by atoms with van der Waals surface area (Å²) in [6.07, 6.45) is 3.64. The van der Waals surface area contributed by atoms with E-state index in [1.807, 2.05) is 0 Å². The Hall–Kier alpha value is -1.03. The zero-order valence-electron chi connectivity index (χ0n) is 10.7. The first-order valence-electron chi connectivity index (χ1n) is 6.78. The van der Waals surface area contributed by atoms with E-state index in [4.69, 9.17) is 0 Å². The Bertz CT molecular complexity index is 392. The third-order valence-electron chi connectivity index (χ3n) is 4.10. The van der Waals surface area contributed by atoms with Crippen molar-refractivity contribution in [3.63, 3.8) is 0 Å². The van der Waals surface area contributed by atoms with Gasteiger partial charge >= 0.3 is 0 Å². The van der Waals surface area contributed by atoms with Crippen LogP contribution >= 0.6 is 0 Å². The number of rotatable bonds is 2. The fourth-order valence-electron chi connectivity index (χ4n) is 3.24. The molecule has 2 aliphatic rings. The van der Waals surface area contributed by atoms with E-state index in [-0.39, 0.29) is 0 Å². The minimum Gasteiger partial charge on any atom is -0.364 e. The van der Waals surface area contributed by atoms with Gasteiger partial charge in [0.15, 0.2) is 5.82 Å². The molecule has 1 aromatic rings. The molecule has 4 heteroatoms. The molecule has 0 saturated carbocycles. The van der Waals surface area contributed by atoms with Gasteiger partial charge < -0.3 is 10.6 Å². The monoisotopic (exact) mass is 234 g/mol. The number of aromatic amines is 1. The zero-order chi connectivity index (χ0) is 11.8. The van der Waals surface area contributed by atoms with Crippen molar-refractivity contribution in [2.24, 2.45) is 5.92 Å². The molecule has 4 nitrogen and oxygen atoms in total. The minimum atomic E-state index is 0.551. The average Bonchev–Trinajstić information content (AvgIpc) is 2.89. The molecule has 3 rings (SSSR count). The van der Waals surface area contributed by atoms with Crippen LogP contribution in [0.3, 0.4) is 0 Å². The lowest BCUT2D eigenvalue weighted by Gasteiger charge is -2.24. The molecule has 94 valence electrons. The van der Waals surface area contributed by atoms with Gasteiger partial charge in [0.1, 0.15) is 0 Å². The van der Waals surface area contributed by atoms with Crippen LogP contribution in [0.5, 0.6) is 0 Å². The Labute approximate surface area is 103 Å². The highest BCUT2D eigenvalue weighted by molar-refractivity contribution is 5.49. The van der Waals surface area contributed by atoms with Gasteiger partial charge in [-0.15, -0.1) is 0 Å². The third kappa shape index (κ3) is 2.06. The molecule has 1 aliphatic carbocycles. The van der Waals surface area contributed by atoms with Crippen LogP contribution in [0.4, 0.5) is 5.82 Å². The summed E-state index contributed by atoms with van der Waals surface area (Å²) in [6, 6.07) is 0.551. The van der Waals surface area contributed by atoms with E-state index in [1.165, 1.54) is 30.5 Å². The maximum atomic E-state index is 4.48. The predicted octanol–water partition coefficient (Wildman–Crippen LogP) is 1.87. The van der Waals surface area contributed by atoms with E-state index < -0.39 is 0 Å². The van der Waals surface area contributed by atoms with Crippen molar-refractivity contribution in [2.75, 3.05) is 18.4 Å². The van der Waals surface area contributed by atoms with Crippen LogP contribution in [-0.4, -0.2) is 29.3 Å². The van der Waals surface area contributed by atoms with Gasteiger partial charge in [0.25, 0.3) is 0 Å². The lowest BCUT2D eigenvalue weighted by molar-refractivity contribution is 0.445. The summed E-state index contributed by atoms with van der Waals surface area (Å²) in [4.78, 5) is 0. The summed E-state index contributed by atoms with van der Waals surface area (Å²) in [6.45, 7) is 6.82. The van der Waals surface area contributed by atoms with Gasteiger partial charge in [-0.2, -0.15) is 5.10 Å². The number of hydrogen-bond donors (Lipinski definition) is 3. The van der Waals surface area contributed by atoms with Gasteiger partial charge in [-0.25, -0.2) is 0 Å². The molecule has 2 heterocycles. The number of nitrogens with one attached hydrogen (secondary N) is 3. The fraction of sp³-hybridized carbons (Fsp3) is 0.769. The molecule has 1 aromatic heterocycles. The maximum Gasteiger partial charge on any atom is 0.151 e. The van der Waals surface area contributed by atoms with Crippen LogP contribution in [0.2, 0.25) is 0 Å². The molecule has 0 aromatic carbocycles. The number of hydrogen-bond acceptors (Lipinski definition) is 3. The number of anilines is 1. The average molecular weight is 234 g/mol. The molecule has 17 heavy (non-hydrogen) atoms. The molecule has 3 atom stereocenters. The summed E-state index contributed by atoms with van der Waals surface area (Å²) in [5.41, 5.74) is 2.79. The molecule has 3 N–H and O–H groups in total. The highest BCUT2D eigenvalue weighted by atomic mass is 15.2. The summed E-state index contributed by atoms with van der Waals surface area (Å²) < 4.78 is 0. The molecule has 1 fully saturated rings. The second-order valence-corrected chi connectivity index (χ2v) is 5.74. The number of H-pyrrole nitrogens is 1. The number of nitrogens with zero attached hydrogens (tertiary/aromatic N) is 1. The van der Waals surface area contributed by atoms with Crippen molar-refractivity contribution >= 4 is 5.82 Å². The summed E-state index contributed by atoms with van der Waals surface area (Å²) in [7, 11) is 0. The summed E-state index contributed by atoms with van der Waals surface area (Å²) in [5.74, 6) is 2.50. The first-order chi connectivity index (χ1) is 8.24. The highest BCUT2D eigenvalue weighted by Crippen LogP contribution is 2.36. The SMILES string of the molecule is CC1Cc2c(NC3CCNC3)n[nH]c2C(C)C1. The van der Waals surface area contributed by atoms with Crippen molar-refractivity contribution in [1.29, 1.82) is 0 Å². The van der Waals surface area contributed by atoms with Crippen LogP contribution in [0, 0.1) is 5.92 Å². The van der Waals surface area contributed by atoms with Gasteiger partial charge in [-0.3, -0.25) is 5.10 Å². The van der Waals surface area contributed by atoms with E-state index in [0.717, 1.165) is 24.8 Å². The van der Waals surface area contributed by atoms with Crippen molar-refractivity contribution in [1.82, 2.24) is 15.5 Å². The Morgan fingerprint density at radius 2 is 2.24 bits per heavy atom. The van der Waals surface area contributed by atoms with E-state index in [2.05, 4.69) is 34.7 Å². The zero-order valence-corrected chi connectivity index (χ0v) is 10.7. The predicted molar refractivity (Wildman–Crippen MR) is 69.4 cm³/mol. The van der Waals surface area contributed by atoms with Crippen LogP contribution in [0.1, 0.15) is 43.9 Å². The summed E-state index contributed by atoms with van der Waals surface area (Å²) in [5, 5.41) is 14.7. The Morgan fingerprint density at radius 1 is 1.35 bits per heavy atom. The van der Waals surface area contributed by atoms with Gasteiger partial charge in [-0.05, 0) is 37.6 Å². The van der Waals surface area contributed by atoms with E-state index >= 15 is 0 Å². The number of fused-ring (bicyclic) bond motifs is 1. The first-order valence-corrected chi connectivity index (χ1v) is 6.78. The normalized spacial score (nSPS) is 32.5. The van der Waals surface area contributed by atoms with Crippen LogP contribution in [0.25, 0.3) is 0 Å². The first kappa shape index (κ1) is 11.1. The Kier molecular flexibility index (Phi) is 2.82. The Balaban J connectivity index is 1.81. The number of aromatic nitrogens is 2. The smallest absolute Gasteiger partial charge is 0.151 e. The van der Waals surface area contributed by atoms with Crippen LogP contribution in [-0.2, 0) is 6.42 Å². The van der Waals surface area contributed by atoms with Gasteiger partial charge in [0.05, 0.1) is 0 Å². The second-order valence-electron chi connectivity index (χ2n) is 5.74. The molecule has 1 aliphatic heterocycles. The molecule has 0 radical (unpaired) electrons. The van der Waals surface area contributed by atoms with Crippen LogP contribution < -0.4 is 10.6 Å². The van der Waals surface area contributed by atoms with E-state index in [0.29, 0.717) is 12.0 Å². The maximum absolute atomic E-state index is 4.48. The summed E-state index contributed by atoms with van der Waals surface area (Å²) >= 11 is 0. The fourth-order valence-corrected chi connectivity index (χ4v) is 3.24. The molecule has 0 spiro atoms. The molecule has 0 bridgehead atoms. The molecule has 3 unspecified atom stereocenters. The van der Waals surface area contributed by atoms with Gasteiger partial charge in [0, 0.05) is 23.8 Å². The van der Waals surface area contributed by atoms with E-state index in [9.17, 15) is 0 Å². The van der Waals surface area contributed by atoms with Crippen LogP contribution in [0.15, 0.2) is 0 Å². The lowest BCUT2D eigenvalue weighted by Crippen LogP contribution is -2.23. The largest absolute Gasteiger partial charge is 0.364 e. The van der Waals surface area contributed by atoms with Crippen molar-refractivity contribution in [3.8, 4) is 0 Å². The third-order valence-corrected chi connectivity index (χ3v) is 4.10.